The van der Waals surface area contributed by atoms with Crippen LogP contribution in [0.4, 0.5) is 0 Å². The minimum absolute atomic E-state index is 0.485. The normalized spacial score (nSPS) is 15.2. The van der Waals surface area contributed by atoms with Crippen LogP contribution in [-0.2, 0) is 23.9 Å². The van der Waals surface area contributed by atoms with Gasteiger partial charge in [0.1, 0.15) is 16.7 Å². The molecule has 0 aromatic carbocycles. The molecule has 0 amide bonds. The number of carbonyl (C=O) groups is 3. The highest BCUT2D eigenvalue weighted by Crippen LogP contribution is 2.36. The molecule has 0 radical (unpaired) electrons. The lowest BCUT2D eigenvalue weighted by Gasteiger charge is -2.47. The highest BCUT2D eigenvalue weighted by atomic mass is 16.6. The minimum Gasteiger partial charge on any atom is -0.480 e. The summed E-state index contributed by atoms with van der Waals surface area (Å²) in [5.41, 5.74) is -4.44. The molecular weight excluding hydrogens is 354 g/mol. The van der Waals surface area contributed by atoms with Gasteiger partial charge in [0.15, 0.2) is 0 Å². The molecule has 0 unspecified atom stereocenters. The number of hydrogen-bond acceptors (Lipinski definition) is 7. The predicted octanol–water partition coefficient (Wildman–Crippen LogP) is 1.83. The number of rotatable bonds is 7. The highest BCUT2D eigenvalue weighted by molar-refractivity contribution is 5.83. The number of carboxylic acids is 1. The van der Waals surface area contributed by atoms with Crippen LogP contribution in [0.2, 0.25) is 0 Å². The third kappa shape index (κ3) is 7.46. The first-order chi connectivity index (χ1) is 11.9. The zero-order chi connectivity index (χ0) is 21.8. The van der Waals surface area contributed by atoms with E-state index in [4.69, 9.17) is 9.47 Å². The summed E-state index contributed by atoms with van der Waals surface area (Å²) in [6.07, 6.45) is 0. The van der Waals surface area contributed by atoms with Crippen molar-refractivity contribution in [2.75, 3.05) is 19.7 Å². The van der Waals surface area contributed by atoms with Gasteiger partial charge in [0, 0.05) is 0 Å². The van der Waals surface area contributed by atoms with Crippen molar-refractivity contribution in [1.82, 2.24) is 4.90 Å². The van der Waals surface area contributed by atoms with Crippen molar-refractivity contribution in [2.24, 2.45) is 5.41 Å². The fourth-order valence-corrected chi connectivity index (χ4v) is 2.72. The van der Waals surface area contributed by atoms with Crippen LogP contribution in [0, 0.1) is 5.41 Å². The number of aliphatic hydroxyl groups excluding tert-OH is 1. The fourth-order valence-electron chi connectivity index (χ4n) is 2.72. The molecule has 8 nitrogen and oxygen atoms in total. The van der Waals surface area contributed by atoms with E-state index in [9.17, 15) is 24.6 Å². The number of esters is 2. The average molecular weight is 389 g/mol. The topological polar surface area (TPSA) is 113 Å². The smallest absolute Gasteiger partial charge is 0.327 e. The van der Waals surface area contributed by atoms with E-state index in [2.05, 4.69) is 0 Å². The van der Waals surface area contributed by atoms with Gasteiger partial charge < -0.3 is 19.7 Å². The molecule has 0 saturated heterocycles. The summed E-state index contributed by atoms with van der Waals surface area (Å²) in [4.78, 5) is 38.0. The number of nitrogens with zero attached hydrogens (tertiary/aromatic N) is 1. The lowest BCUT2D eigenvalue weighted by molar-refractivity contribution is -0.177. The van der Waals surface area contributed by atoms with E-state index in [1.165, 1.54) is 0 Å². The van der Waals surface area contributed by atoms with Crippen LogP contribution in [-0.4, -0.2) is 69.5 Å². The number of hydrogen-bond donors (Lipinski definition) is 2. The van der Waals surface area contributed by atoms with Crippen LogP contribution in [0.1, 0.15) is 62.3 Å². The first-order valence-electron chi connectivity index (χ1n) is 8.89. The van der Waals surface area contributed by atoms with E-state index >= 15 is 0 Å². The number of aliphatic hydroxyl groups is 1. The monoisotopic (exact) mass is 389 g/mol. The quantitative estimate of drug-likeness (QED) is 0.634. The van der Waals surface area contributed by atoms with Crippen LogP contribution < -0.4 is 0 Å². The Labute approximate surface area is 161 Å². The zero-order valence-electron chi connectivity index (χ0n) is 18.0. The van der Waals surface area contributed by atoms with Crippen LogP contribution in [0.3, 0.4) is 0 Å². The Kier molecular flexibility index (Phi) is 8.03. The lowest BCUT2D eigenvalue weighted by atomic mass is 9.72. The summed E-state index contributed by atoms with van der Waals surface area (Å²) in [5.74, 6) is -2.74. The Morgan fingerprint density at radius 3 is 1.30 bits per heavy atom. The predicted molar refractivity (Wildman–Crippen MR) is 100 cm³/mol. The van der Waals surface area contributed by atoms with Gasteiger partial charge in [-0.3, -0.25) is 19.3 Å². The van der Waals surface area contributed by atoms with Gasteiger partial charge in [-0.05, 0) is 47.0 Å². The Bertz CT molecular complexity index is 522. The van der Waals surface area contributed by atoms with Gasteiger partial charge in [0.05, 0.1) is 19.7 Å². The van der Waals surface area contributed by atoms with Crippen molar-refractivity contribution in [3.8, 4) is 0 Å². The van der Waals surface area contributed by atoms with Crippen molar-refractivity contribution in [2.45, 2.75) is 79.1 Å². The van der Waals surface area contributed by atoms with Crippen molar-refractivity contribution in [3.05, 3.63) is 0 Å². The van der Waals surface area contributed by atoms with Crippen molar-refractivity contribution in [3.63, 3.8) is 0 Å². The molecule has 0 heterocycles. The molecule has 0 aromatic heterocycles. The molecule has 8 heteroatoms. The SMILES string of the molecule is CC(C)(C)OC(=O)CN(CC(=O)OC(C)(C)C)[C@@](CO)(C(=O)O)C(C)(C)C. The Balaban J connectivity index is 5.97. The molecule has 158 valence electrons. The van der Waals surface area contributed by atoms with E-state index in [0.29, 0.717) is 0 Å². The van der Waals surface area contributed by atoms with E-state index < -0.39 is 59.8 Å². The molecule has 1 atom stereocenters. The van der Waals surface area contributed by atoms with Gasteiger partial charge in [-0.15, -0.1) is 0 Å². The molecule has 0 spiro atoms. The van der Waals surface area contributed by atoms with Crippen LogP contribution in [0.25, 0.3) is 0 Å². The van der Waals surface area contributed by atoms with E-state index in [1.54, 1.807) is 62.3 Å². The van der Waals surface area contributed by atoms with Gasteiger partial charge in [0.25, 0.3) is 0 Å². The van der Waals surface area contributed by atoms with E-state index in [1.807, 2.05) is 0 Å². The second kappa shape index (κ2) is 8.56. The largest absolute Gasteiger partial charge is 0.480 e. The van der Waals surface area contributed by atoms with Gasteiger partial charge >= 0.3 is 17.9 Å². The number of carboxylic acid groups (broad SMARTS) is 1. The molecule has 0 fully saturated rings. The molecule has 0 bridgehead atoms. The van der Waals surface area contributed by atoms with Crippen molar-refractivity contribution < 1.29 is 34.1 Å². The Morgan fingerprint density at radius 1 is 0.778 bits per heavy atom. The maximum absolute atomic E-state index is 12.4. The molecule has 0 saturated carbocycles. The molecular formula is C19H35NO7. The standard InChI is InChI=1S/C19H35NO7/c1-16(2,3)19(12-21,15(24)25)20(10-13(22)26-17(4,5)6)11-14(23)27-18(7,8)9/h21H,10-12H2,1-9H3,(H,24,25)/t19-/m0/s1. The second-order valence-corrected chi connectivity index (χ2v) is 9.60. The van der Waals surface area contributed by atoms with Gasteiger partial charge in [-0.25, -0.2) is 0 Å². The van der Waals surface area contributed by atoms with Gasteiger partial charge in [-0.1, -0.05) is 20.8 Å². The van der Waals surface area contributed by atoms with Crippen molar-refractivity contribution >= 4 is 17.9 Å². The highest BCUT2D eigenvalue weighted by Gasteiger charge is 2.54. The van der Waals surface area contributed by atoms with Gasteiger partial charge in [0.2, 0.25) is 0 Å². The molecule has 0 aromatic rings. The third-order valence-corrected chi connectivity index (χ3v) is 3.84. The summed E-state index contributed by atoms with van der Waals surface area (Å²) >= 11 is 0. The maximum Gasteiger partial charge on any atom is 0.327 e. The summed E-state index contributed by atoms with van der Waals surface area (Å²) < 4.78 is 10.6. The molecule has 0 aliphatic rings. The first kappa shape index (κ1) is 25.3. The molecule has 27 heavy (non-hydrogen) atoms. The second-order valence-electron chi connectivity index (χ2n) is 9.60. The first-order valence-corrected chi connectivity index (χ1v) is 8.89. The van der Waals surface area contributed by atoms with E-state index in [0.717, 1.165) is 4.90 Å². The fraction of sp³-hybridized carbons (Fsp3) is 0.842. The maximum atomic E-state index is 12.4. The minimum atomic E-state index is -1.89. The van der Waals surface area contributed by atoms with Gasteiger partial charge in [-0.2, -0.15) is 0 Å². The number of ether oxygens (including phenoxy) is 2. The third-order valence-electron chi connectivity index (χ3n) is 3.84. The van der Waals surface area contributed by atoms with Crippen LogP contribution in [0.15, 0.2) is 0 Å². The zero-order valence-corrected chi connectivity index (χ0v) is 18.0. The Morgan fingerprint density at radius 2 is 1.11 bits per heavy atom. The Hall–Kier alpha value is -1.67. The molecule has 0 aliphatic heterocycles. The van der Waals surface area contributed by atoms with Crippen LogP contribution >= 0.6 is 0 Å². The molecule has 0 rings (SSSR count). The number of carbonyl (C=O) groups excluding carboxylic acids is 2. The summed E-state index contributed by atoms with van der Waals surface area (Å²) in [6, 6.07) is 0. The van der Waals surface area contributed by atoms with Crippen LogP contribution in [0.5, 0.6) is 0 Å². The summed E-state index contributed by atoms with van der Waals surface area (Å²) in [6.45, 7) is 13.2. The summed E-state index contributed by atoms with van der Waals surface area (Å²) in [7, 11) is 0. The van der Waals surface area contributed by atoms with Crippen molar-refractivity contribution in [1.29, 1.82) is 0 Å². The molecule has 2 N–H and O–H groups in total. The lowest BCUT2D eigenvalue weighted by Crippen LogP contribution is -2.67. The number of aliphatic carboxylic acids is 1. The average Bonchev–Trinajstić information content (AvgIpc) is 2.32. The molecule has 0 aliphatic carbocycles. The summed E-state index contributed by atoms with van der Waals surface area (Å²) in [5, 5.41) is 19.9. The van der Waals surface area contributed by atoms with E-state index in [-0.39, 0.29) is 0 Å².